The number of rotatable bonds is 0. The Morgan fingerprint density at radius 1 is 1.33 bits per heavy atom. The molecule has 2 rings (SSSR count). The number of likely N-dealkylation sites (N-methyl/N-ethyl adjacent to an activating group) is 1. The van der Waals surface area contributed by atoms with Gasteiger partial charge in [0.05, 0.1) is 5.69 Å². The molecule has 1 aliphatic rings. The molecule has 0 aliphatic carbocycles. The van der Waals surface area contributed by atoms with Crippen LogP contribution in [0.2, 0.25) is 0 Å². The van der Waals surface area contributed by atoms with E-state index >= 15 is 0 Å². The zero-order chi connectivity index (χ0) is 8.72. The summed E-state index contributed by atoms with van der Waals surface area (Å²) in [5.74, 6) is -0.00352. The molecule has 2 nitrogen and oxygen atoms in total. The lowest BCUT2D eigenvalue weighted by molar-refractivity contribution is -0.112. The van der Waals surface area contributed by atoms with Crippen LogP contribution >= 0.6 is 0 Å². The first-order valence-corrected chi connectivity index (χ1v) is 3.78. The van der Waals surface area contributed by atoms with Gasteiger partial charge in [-0.1, -0.05) is 24.8 Å². The lowest BCUT2D eigenvalue weighted by Crippen LogP contribution is -2.19. The Kier molecular flexibility index (Phi) is 1.30. The van der Waals surface area contributed by atoms with E-state index in [2.05, 4.69) is 6.58 Å². The van der Waals surface area contributed by atoms with Crippen LogP contribution in [0.4, 0.5) is 5.69 Å². The van der Waals surface area contributed by atoms with Gasteiger partial charge in [0.25, 0.3) is 5.91 Å². The summed E-state index contributed by atoms with van der Waals surface area (Å²) >= 11 is 0. The first-order chi connectivity index (χ1) is 5.72. The smallest absolute Gasteiger partial charge is 0.258 e. The molecule has 0 saturated carbocycles. The average molecular weight is 159 g/mol. The molecule has 0 saturated heterocycles. The lowest BCUT2D eigenvalue weighted by atomic mass is 10.1. The summed E-state index contributed by atoms with van der Waals surface area (Å²) in [4.78, 5) is 13.0. The van der Waals surface area contributed by atoms with E-state index in [1.807, 2.05) is 24.3 Å². The van der Waals surface area contributed by atoms with Crippen molar-refractivity contribution in [2.24, 2.45) is 0 Å². The molecule has 1 heterocycles. The molecule has 12 heavy (non-hydrogen) atoms. The second kappa shape index (κ2) is 2.21. The summed E-state index contributed by atoms with van der Waals surface area (Å²) < 4.78 is 0. The number of amides is 1. The van der Waals surface area contributed by atoms with Gasteiger partial charge in [0.1, 0.15) is 0 Å². The van der Waals surface area contributed by atoms with E-state index in [4.69, 9.17) is 0 Å². The molecule has 60 valence electrons. The van der Waals surface area contributed by atoms with Gasteiger partial charge in [0.2, 0.25) is 0 Å². The van der Waals surface area contributed by atoms with E-state index in [-0.39, 0.29) is 5.91 Å². The topological polar surface area (TPSA) is 20.3 Å². The number of carbonyl (C=O) groups excluding carboxylic acids is 1. The van der Waals surface area contributed by atoms with Gasteiger partial charge in [-0.05, 0) is 6.07 Å². The molecule has 0 spiro atoms. The van der Waals surface area contributed by atoms with Crippen LogP contribution in [0.15, 0.2) is 30.8 Å². The molecule has 0 fully saturated rings. The molecule has 0 unspecified atom stereocenters. The second-order valence-corrected chi connectivity index (χ2v) is 2.86. The standard InChI is InChI=1S/C10H9NO/c1-7-8-5-3-4-6-9(8)11(2)10(7)12/h3-6H,1H2,2H3. The van der Waals surface area contributed by atoms with Gasteiger partial charge in [0, 0.05) is 18.2 Å². The minimum atomic E-state index is -0.00352. The van der Waals surface area contributed by atoms with E-state index in [1.54, 1.807) is 11.9 Å². The monoisotopic (exact) mass is 159 g/mol. The fraction of sp³-hybridized carbons (Fsp3) is 0.100. The average Bonchev–Trinajstić information content (AvgIpc) is 2.33. The highest BCUT2D eigenvalue weighted by atomic mass is 16.2. The number of fused-ring (bicyclic) bond motifs is 1. The predicted molar refractivity (Wildman–Crippen MR) is 48.9 cm³/mol. The quantitative estimate of drug-likeness (QED) is 0.527. The Balaban J connectivity index is 2.67. The number of anilines is 1. The fourth-order valence-electron chi connectivity index (χ4n) is 1.45. The number of hydrogen-bond acceptors (Lipinski definition) is 1. The Morgan fingerprint density at radius 3 is 2.67 bits per heavy atom. The molecular weight excluding hydrogens is 150 g/mol. The van der Waals surface area contributed by atoms with Crippen molar-refractivity contribution in [3.8, 4) is 0 Å². The molecule has 1 aromatic rings. The Bertz CT molecular complexity index is 368. The van der Waals surface area contributed by atoms with Crippen molar-refractivity contribution in [1.29, 1.82) is 0 Å². The summed E-state index contributed by atoms with van der Waals surface area (Å²) in [6, 6.07) is 7.67. The van der Waals surface area contributed by atoms with Crippen molar-refractivity contribution in [3.05, 3.63) is 36.4 Å². The maximum atomic E-state index is 11.4. The number of para-hydroxylation sites is 1. The fourth-order valence-corrected chi connectivity index (χ4v) is 1.45. The largest absolute Gasteiger partial charge is 0.311 e. The van der Waals surface area contributed by atoms with Crippen LogP contribution in [0, 0.1) is 0 Å². The molecule has 1 aliphatic heterocycles. The van der Waals surface area contributed by atoms with Crippen molar-refractivity contribution in [1.82, 2.24) is 0 Å². The summed E-state index contributed by atoms with van der Waals surface area (Å²) in [5.41, 5.74) is 2.49. The lowest BCUT2D eigenvalue weighted by Gasteiger charge is -2.07. The third-order valence-corrected chi connectivity index (χ3v) is 2.15. The van der Waals surface area contributed by atoms with Crippen LogP contribution in [0.3, 0.4) is 0 Å². The van der Waals surface area contributed by atoms with Gasteiger partial charge in [-0.15, -0.1) is 0 Å². The Hall–Kier alpha value is -1.57. The van der Waals surface area contributed by atoms with Crippen molar-refractivity contribution in [2.45, 2.75) is 0 Å². The zero-order valence-electron chi connectivity index (χ0n) is 6.87. The van der Waals surface area contributed by atoms with E-state index in [1.165, 1.54) is 0 Å². The maximum Gasteiger partial charge on any atom is 0.258 e. The normalized spacial score (nSPS) is 15.2. The summed E-state index contributed by atoms with van der Waals surface area (Å²) in [6.45, 7) is 3.74. The van der Waals surface area contributed by atoms with Crippen LogP contribution in [-0.2, 0) is 4.79 Å². The van der Waals surface area contributed by atoms with Crippen molar-refractivity contribution in [2.75, 3.05) is 11.9 Å². The van der Waals surface area contributed by atoms with E-state index in [0.29, 0.717) is 5.57 Å². The molecular formula is C10H9NO. The minimum absolute atomic E-state index is 0.00352. The number of carbonyl (C=O) groups is 1. The predicted octanol–water partition coefficient (Wildman–Crippen LogP) is 1.68. The maximum absolute atomic E-state index is 11.4. The van der Waals surface area contributed by atoms with Crippen molar-refractivity contribution in [3.63, 3.8) is 0 Å². The molecule has 0 bridgehead atoms. The van der Waals surface area contributed by atoms with Crippen LogP contribution in [0.25, 0.3) is 5.57 Å². The van der Waals surface area contributed by atoms with Crippen LogP contribution < -0.4 is 4.90 Å². The third-order valence-electron chi connectivity index (χ3n) is 2.15. The van der Waals surface area contributed by atoms with Gasteiger partial charge in [-0.25, -0.2) is 0 Å². The van der Waals surface area contributed by atoms with E-state index in [0.717, 1.165) is 11.3 Å². The van der Waals surface area contributed by atoms with Gasteiger partial charge in [-0.3, -0.25) is 4.79 Å². The van der Waals surface area contributed by atoms with Crippen molar-refractivity contribution >= 4 is 17.2 Å². The van der Waals surface area contributed by atoms with E-state index in [9.17, 15) is 4.79 Å². The number of hydrogen-bond donors (Lipinski definition) is 0. The van der Waals surface area contributed by atoms with Crippen molar-refractivity contribution < 1.29 is 4.79 Å². The van der Waals surface area contributed by atoms with Gasteiger partial charge < -0.3 is 4.90 Å². The molecule has 0 N–H and O–H groups in total. The number of nitrogens with zero attached hydrogens (tertiary/aromatic N) is 1. The summed E-state index contributed by atoms with van der Waals surface area (Å²) in [6.07, 6.45) is 0. The van der Waals surface area contributed by atoms with Crippen LogP contribution in [-0.4, -0.2) is 13.0 Å². The molecule has 0 atom stereocenters. The molecule has 1 amide bonds. The van der Waals surface area contributed by atoms with Crippen LogP contribution in [0.1, 0.15) is 5.56 Å². The third kappa shape index (κ3) is 0.720. The molecule has 0 aromatic heterocycles. The molecule has 1 aromatic carbocycles. The highest BCUT2D eigenvalue weighted by molar-refractivity contribution is 6.31. The van der Waals surface area contributed by atoms with Gasteiger partial charge in [0.15, 0.2) is 0 Å². The summed E-state index contributed by atoms with van der Waals surface area (Å²) in [7, 11) is 1.76. The Morgan fingerprint density at radius 2 is 2.00 bits per heavy atom. The first kappa shape index (κ1) is 7.10. The van der Waals surface area contributed by atoms with Crippen LogP contribution in [0.5, 0.6) is 0 Å². The van der Waals surface area contributed by atoms with Gasteiger partial charge in [-0.2, -0.15) is 0 Å². The summed E-state index contributed by atoms with van der Waals surface area (Å²) in [5, 5.41) is 0. The Labute approximate surface area is 71.1 Å². The SMILES string of the molecule is C=C1C(=O)N(C)c2ccccc21. The first-order valence-electron chi connectivity index (χ1n) is 3.78. The zero-order valence-corrected chi connectivity index (χ0v) is 6.87. The second-order valence-electron chi connectivity index (χ2n) is 2.86. The molecule has 2 heteroatoms. The highest BCUT2D eigenvalue weighted by Crippen LogP contribution is 2.33. The van der Waals surface area contributed by atoms with Gasteiger partial charge >= 0.3 is 0 Å². The molecule has 0 radical (unpaired) electrons. The van der Waals surface area contributed by atoms with E-state index < -0.39 is 0 Å². The minimum Gasteiger partial charge on any atom is -0.311 e. The number of benzene rings is 1. The highest BCUT2D eigenvalue weighted by Gasteiger charge is 2.26.